The van der Waals surface area contributed by atoms with Crippen molar-refractivity contribution in [3.8, 4) is 0 Å². The third-order valence-corrected chi connectivity index (χ3v) is 5.41. The molecule has 0 bridgehead atoms. The summed E-state index contributed by atoms with van der Waals surface area (Å²) in [6.07, 6.45) is 2.04. The van der Waals surface area contributed by atoms with E-state index >= 15 is 0 Å². The molecule has 2 aromatic rings. The number of hydrogen-bond donors (Lipinski definition) is 0. The number of rotatable bonds is 4. The van der Waals surface area contributed by atoms with E-state index in [0.29, 0.717) is 11.8 Å². The number of furan rings is 1. The fourth-order valence-electron chi connectivity index (χ4n) is 3.91. The number of aryl methyl sites for hydroxylation is 1. The molecule has 1 amide bonds. The molecular weight excluding hydrogens is 312 g/mol. The largest absolute Gasteiger partial charge is 0.465 e. The van der Waals surface area contributed by atoms with Crippen LogP contribution in [-0.2, 0) is 11.3 Å². The highest BCUT2D eigenvalue weighted by molar-refractivity contribution is 5.83. The number of amides is 1. The summed E-state index contributed by atoms with van der Waals surface area (Å²) in [7, 11) is 0. The molecule has 0 N–H and O–H groups in total. The van der Waals surface area contributed by atoms with Crippen molar-refractivity contribution in [3.63, 3.8) is 0 Å². The highest BCUT2D eigenvalue weighted by Crippen LogP contribution is 2.48. The Morgan fingerprint density at radius 3 is 2.68 bits per heavy atom. The molecule has 1 saturated heterocycles. The number of carbonyl (C=O) groups excluding carboxylic acids is 1. The van der Waals surface area contributed by atoms with Crippen LogP contribution in [0.25, 0.3) is 0 Å². The molecule has 4 heteroatoms. The molecule has 1 aliphatic carbocycles. The standard InChI is InChI=1S/C21H26N2O2/c1-16-8-9-18(25-16)15-22-10-5-11-23(13-12-22)21(24)20-14-19(20)17-6-3-2-4-7-17/h2-4,6-9,19-20H,5,10-15H2,1H3/t19-,20+/m0/s1. The molecule has 1 aromatic carbocycles. The molecule has 0 spiro atoms. The lowest BCUT2D eigenvalue weighted by atomic mass is 10.1. The summed E-state index contributed by atoms with van der Waals surface area (Å²) in [5.74, 6) is 2.95. The van der Waals surface area contributed by atoms with Crippen LogP contribution in [0.3, 0.4) is 0 Å². The Morgan fingerprint density at radius 1 is 1.08 bits per heavy atom. The lowest BCUT2D eigenvalue weighted by molar-refractivity contribution is -0.132. The van der Waals surface area contributed by atoms with Crippen molar-refractivity contribution in [1.29, 1.82) is 0 Å². The maximum Gasteiger partial charge on any atom is 0.226 e. The summed E-state index contributed by atoms with van der Waals surface area (Å²) < 4.78 is 5.69. The van der Waals surface area contributed by atoms with Gasteiger partial charge in [0.05, 0.1) is 6.54 Å². The van der Waals surface area contributed by atoms with Gasteiger partial charge in [-0.2, -0.15) is 0 Å². The summed E-state index contributed by atoms with van der Waals surface area (Å²) in [6, 6.07) is 14.5. The predicted molar refractivity (Wildman–Crippen MR) is 97.2 cm³/mol. The number of carbonyl (C=O) groups is 1. The maximum atomic E-state index is 12.9. The Morgan fingerprint density at radius 2 is 1.92 bits per heavy atom. The van der Waals surface area contributed by atoms with Gasteiger partial charge >= 0.3 is 0 Å². The topological polar surface area (TPSA) is 36.7 Å². The maximum absolute atomic E-state index is 12.9. The molecule has 1 aliphatic heterocycles. The zero-order valence-corrected chi connectivity index (χ0v) is 14.9. The molecule has 2 atom stereocenters. The van der Waals surface area contributed by atoms with Crippen molar-refractivity contribution in [2.45, 2.75) is 32.2 Å². The average molecular weight is 338 g/mol. The Balaban J connectivity index is 1.31. The second-order valence-corrected chi connectivity index (χ2v) is 7.33. The second kappa shape index (κ2) is 7.04. The molecule has 25 heavy (non-hydrogen) atoms. The van der Waals surface area contributed by atoms with Gasteiger partial charge in [0.25, 0.3) is 0 Å². The monoisotopic (exact) mass is 338 g/mol. The molecule has 4 rings (SSSR count). The van der Waals surface area contributed by atoms with E-state index in [4.69, 9.17) is 4.42 Å². The number of benzene rings is 1. The lowest BCUT2D eigenvalue weighted by Crippen LogP contribution is -2.36. The normalized spacial score (nSPS) is 24.1. The van der Waals surface area contributed by atoms with E-state index < -0.39 is 0 Å². The van der Waals surface area contributed by atoms with Gasteiger partial charge in [-0.25, -0.2) is 0 Å². The van der Waals surface area contributed by atoms with Gasteiger partial charge in [-0.1, -0.05) is 30.3 Å². The molecule has 132 valence electrons. The van der Waals surface area contributed by atoms with E-state index in [1.54, 1.807) is 0 Å². The van der Waals surface area contributed by atoms with Gasteiger partial charge < -0.3 is 9.32 Å². The third-order valence-electron chi connectivity index (χ3n) is 5.41. The first kappa shape index (κ1) is 16.4. The van der Waals surface area contributed by atoms with Gasteiger partial charge in [0.1, 0.15) is 11.5 Å². The minimum atomic E-state index is 0.196. The van der Waals surface area contributed by atoms with E-state index in [1.165, 1.54) is 5.56 Å². The van der Waals surface area contributed by atoms with Crippen LogP contribution >= 0.6 is 0 Å². The number of nitrogens with zero attached hydrogens (tertiary/aromatic N) is 2. The van der Waals surface area contributed by atoms with Crippen molar-refractivity contribution < 1.29 is 9.21 Å². The summed E-state index contributed by atoms with van der Waals surface area (Å²) in [5.41, 5.74) is 1.31. The SMILES string of the molecule is Cc1ccc(CN2CCCN(C(=O)[C@@H]3C[C@H]3c3ccccc3)CC2)o1. The molecule has 0 unspecified atom stereocenters. The first-order valence-electron chi connectivity index (χ1n) is 9.32. The molecule has 2 heterocycles. The van der Waals surface area contributed by atoms with Gasteiger partial charge in [-0.05, 0) is 43.4 Å². The first-order valence-corrected chi connectivity index (χ1v) is 9.32. The molecule has 1 saturated carbocycles. The summed E-state index contributed by atoms with van der Waals surface area (Å²) in [6.45, 7) is 6.47. The van der Waals surface area contributed by atoms with Crippen molar-refractivity contribution >= 4 is 5.91 Å². The van der Waals surface area contributed by atoms with Gasteiger partial charge in [0, 0.05) is 32.1 Å². The van der Waals surface area contributed by atoms with Crippen molar-refractivity contribution in [1.82, 2.24) is 9.80 Å². The minimum Gasteiger partial charge on any atom is -0.465 e. The average Bonchev–Trinajstić information content (AvgIpc) is 3.37. The van der Waals surface area contributed by atoms with Crippen LogP contribution in [0.1, 0.15) is 35.8 Å². The molecule has 0 radical (unpaired) electrons. The quantitative estimate of drug-likeness (QED) is 0.857. The summed E-state index contributed by atoms with van der Waals surface area (Å²) in [5, 5.41) is 0. The summed E-state index contributed by atoms with van der Waals surface area (Å²) >= 11 is 0. The molecule has 1 aromatic heterocycles. The van der Waals surface area contributed by atoms with Crippen molar-refractivity contribution in [2.24, 2.45) is 5.92 Å². The van der Waals surface area contributed by atoms with Gasteiger partial charge in [0.2, 0.25) is 5.91 Å². The Labute approximate surface area is 149 Å². The van der Waals surface area contributed by atoms with Crippen LogP contribution in [-0.4, -0.2) is 41.9 Å². The van der Waals surface area contributed by atoms with Crippen LogP contribution in [0, 0.1) is 12.8 Å². The Hall–Kier alpha value is -2.07. The van der Waals surface area contributed by atoms with Crippen LogP contribution in [0.5, 0.6) is 0 Å². The molecule has 4 nitrogen and oxygen atoms in total. The van der Waals surface area contributed by atoms with Crippen LogP contribution < -0.4 is 0 Å². The van der Waals surface area contributed by atoms with Gasteiger partial charge in [-0.15, -0.1) is 0 Å². The zero-order chi connectivity index (χ0) is 17.2. The summed E-state index contributed by atoms with van der Waals surface area (Å²) in [4.78, 5) is 17.3. The fourth-order valence-corrected chi connectivity index (χ4v) is 3.91. The predicted octanol–water partition coefficient (Wildman–Crippen LogP) is 3.43. The third kappa shape index (κ3) is 3.79. The van der Waals surface area contributed by atoms with E-state index in [-0.39, 0.29) is 5.92 Å². The highest BCUT2D eigenvalue weighted by atomic mass is 16.3. The number of hydrogen-bond acceptors (Lipinski definition) is 3. The van der Waals surface area contributed by atoms with E-state index in [2.05, 4.69) is 40.1 Å². The van der Waals surface area contributed by atoms with Crippen LogP contribution in [0.2, 0.25) is 0 Å². The van der Waals surface area contributed by atoms with Crippen molar-refractivity contribution in [3.05, 3.63) is 59.5 Å². The van der Waals surface area contributed by atoms with Crippen molar-refractivity contribution in [2.75, 3.05) is 26.2 Å². The molecule has 2 fully saturated rings. The fraction of sp³-hybridized carbons (Fsp3) is 0.476. The Kier molecular flexibility index (Phi) is 4.62. The van der Waals surface area contributed by atoms with Crippen LogP contribution in [0.15, 0.2) is 46.9 Å². The lowest BCUT2D eigenvalue weighted by Gasteiger charge is -2.21. The Bertz CT molecular complexity index is 725. The molecular formula is C21H26N2O2. The first-order chi connectivity index (χ1) is 12.2. The van der Waals surface area contributed by atoms with E-state index in [1.807, 2.05) is 19.1 Å². The van der Waals surface area contributed by atoms with Crippen LogP contribution in [0.4, 0.5) is 0 Å². The smallest absolute Gasteiger partial charge is 0.226 e. The van der Waals surface area contributed by atoms with E-state index in [9.17, 15) is 4.79 Å². The van der Waals surface area contributed by atoms with E-state index in [0.717, 1.165) is 57.1 Å². The second-order valence-electron chi connectivity index (χ2n) is 7.33. The zero-order valence-electron chi connectivity index (χ0n) is 14.9. The minimum absolute atomic E-state index is 0.196. The van der Waals surface area contributed by atoms with Gasteiger partial charge in [-0.3, -0.25) is 9.69 Å². The van der Waals surface area contributed by atoms with Gasteiger partial charge in [0.15, 0.2) is 0 Å². The highest BCUT2D eigenvalue weighted by Gasteiger charge is 2.45. The molecule has 2 aliphatic rings.